The van der Waals surface area contributed by atoms with Crippen LogP contribution in [0.1, 0.15) is 42.4 Å². The standard InChI is InChI=1S/C38H43N3O6S/c1-46-35-19-11-16-31(24-35)26-40(36(25-29-12-5-3-6-13-29)38(43)39-32-17-9-10-18-32)37(42)27-41(48(2,44)45)33-20-22-34(23-21-33)47-28-30-14-7-4-8-15-30/h3-8,11-16,19-24,32,36H,9-10,17-18,25-28H2,1-2H3,(H,39,43). The van der Waals surface area contributed by atoms with Crippen LogP contribution in [0.4, 0.5) is 5.69 Å². The van der Waals surface area contributed by atoms with Gasteiger partial charge in [-0.15, -0.1) is 0 Å². The van der Waals surface area contributed by atoms with Crippen molar-refractivity contribution in [1.82, 2.24) is 10.2 Å². The van der Waals surface area contributed by atoms with Crippen molar-refractivity contribution in [3.63, 3.8) is 0 Å². The third kappa shape index (κ3) is 9.60. The largest absolute Gasteiger partial charge is 0.497 e. The molecule has 0 heterocycles. The minimum atomic E-state index is -3.90. The van der Waals surface area contributed by atoms with Crippen molar-refractivity contribution in [2.24, 2.45) is 0 Å². The summed E-state index contributed by atoms with van der Waals surface area (Å²) in [7, 11) is -2.33. The van der Waals surface area contributed by atoms with Crippen LogP contribution >= 0.6 is 0 Å². The lowest BCUT2D eigenvalue weighted by Crippen LogP contribution is -2.54. The summed E-state index contributed by atoms with van der Waals surface area (Å²) in [5.74, 6) is 0.416. The van der Waals surface area contributed by atoms with Crippen LogP contribution in [0.25, 0.3) is 0 Å². The van der Waals surface area contributed by atoms with Crippen LogP contribution in [0, 0.1) is 0 Å². The SMILES string of the molecule is COc1cccc(CN(C(=O)CN(c2ccc(OCc3ccccc3)cc2)S(C)(=O)=O)C(Cc2ccccc2)C(=O)NC2CCCC2)c1. The Labute approximate surface area is 283 Å². The van der Waals surface area contributed by atoms with Gasteiger partial charge in [-0.25, -0.2) is 8.42 Å². The Morgan fingerprint density at radius 1 is 0.812 bits per heavy atom. The van der Waals surface area contributed by atoms with Gasteiger partial charge in [0.1, 0.15) is 30.7 Å². The molecule has 0 saturated heterocycles. The number of amides is 2. The Morgan fingerprint density at radius 2 is 1.44 bits per heavy atom. The maximum atomic E-state index is 14.4. The highest BCUT2D eigenvalue weighted by molar-refractivity contribution is 7.92. The molecule has 0 aliphatic heterocycles. The van der Waals surface area contributed by atoms with Gasteiger partial charge in [0.2, 0.25) is 21.8 Å². The van der Waals surface area contributed by atoms with E-state index in [4.69, 9.17) is 9.47 Å². The van der Waals surface area contributed by atoms with E-state index in [9.17, 15) is 18.0 Å². The van der Waals surface area contributed by atoms with Gasteiger partial charge in [0.15, 0.2) is 0 Å². The van der Waals surface area contributed by atoms with Crippen LogP contribution in [0.15, 0.2) is 109 Å². The van der Waals surface area contributed by atoms with Gasteiger partial charge in [-0.1, -0.05) is 85.6 Å². The zero-order valence-electron chi connectivity index (χ0n) is 27.5. The van der Waals surface area contributed by atoms with Crippen molar-refractivity contribution in [3.8, 4) is 11.5 Å². The Balaban J connectivity index is 1.44. The van der Waals surface area contributed by atoms with E-state index in [1.807, 2.05) is 84.9 Å². The van der Waals surface area contributed by atoms with Crippen molar-refractivity contribution in [2.75, 3.05) is 24.2 Å². The Bertz CT molecular complexity index is 1740. The fourth-order valence-electron chi connectivity index (χ4n) is 5.95. The molecular weight excluding hydrogens is 627 g/mol. The van der Waals surface area contributed by atoms with Gasteiger partial charge in [-0.3, -0.25) is 13.9 Å². The van der Waals surface area contributed by atoms with E-state index in [2.05, 4.69) is 5.32 Å². The summed E-state index contributed by atoms with van der Waals surface area (Å²) < 4.78 is 38.7. The van der Waals surface area contributed by atoms with E-state index in [1.54, 1.807) is 31.4 Å². The number of hydrogen-bond donors (Lipinski definition) is 1. The molecule has 10 heteroatoms. The summed E-state index contributed by atoms with van der Waals surface area (Å²) in [5.41, 5.74) is 2.95. The minimum Gasteiger partial charge on any atom is -0.497 e. The van der Waals surface area contributed by atoms with Gasteiger partial charge in [-0.05, 0) is 65.9 Å². The first-order valence-electron chi connectivity index (χ1n) is 16.2. The maximum Gasteiger partial charge on any atom is 0.244 e. The minimum absolute atomic E-state index is 0.0414. The van der Waals surface area contributed by atoms with Crippen molar-refractivity contribution < 1.29 is 27.5 Å². The van der Waals surface area contributed by atoms with Crippen molar-refractivity contribution in [1.29, 1.82) is 0 Å². The molecule has 1 unspecified atom stereocenters. The molecule has 1 saturated carbocycles. The fraction of sp³-hybridized carbons (Fsp3) is 0.316. The molecule has 4 aromatic carbocycles. The number of sulfonamides is 1. The Kier molecular flexibility index (Phi) is 11.7. The molecule has 1 N–H and O–H groups in total. The van der Waals surface area contributed by atoms with Gasteiger partial charge in [0, 0.05) is 19.0 Å². The summed E-state index contributed by atoms with van der Waals surface area (Å²) in [6.07, 6.45) is 5.20. The van der Waals surface area contributed by atoms with Crippen molar-refractivity contribution in [3.05, 3.63) is 126 Å². The molecular formula is C38H43N3O6S. The molecule has 0 spiro atoms. The highest BCUT2D eigenvalue weighted by Gasteiger charge is 2.34. The second-order valence-corrected chi connectivity index (χ2v) is 14.0. The zero-order valence-corrected chi connectivity index (χ0v) is 28.3. The van der Waals surface area contributed by atoms with Gasteiger partial charge in [0.25, 0.3) is 0 Å². The average Bonchev–Trinajstić information content (AvgIpc) is 3.61. The fourth-order valence-corrected chi connectivity index (χ4v) is 6.80. The van der Waals surface area contributed by atoms with Gasteiger partial charge < -0.3 is 19.7 Å². The van der Waals surface area contributed by atoms with Crippen molar-refractivity contribution in [2.45, 2.75) is 57.3 Å². The third-order valence-corrected chi connectivity index (χ3v) is 9.65. The van der Waals surface area contributed by atoms with Crippen LogP contribution in [0.3, 0.4) is 0 Å². The maximum absolute atomic E-state index is 14.4. The second kappa shape index (κ2) is 16.3. The number of benzene rings is 4. The number of carbonyl (C=O) groups excluding carboxylic acids is 2. The number of ether oxygens (including phenoxy) is 2. The number of methoxy groups -OCH3 is 1. The molecule has 0 radical (unpaired) electrons. The quantitative estimate of drug-likeness (QED) is 0.173. The lowest BCUT2D eigenvalue weighted by molar-refractivity contribution is -0.140. The van der Waals surface area contributed by atoms with Gasteiger partial charge >= 0.3 is 0 Å². The van der Waals surface area contributed by atoms with Gasteiger partial charge in [-0.2, -0.15) is 0 Å². The number of hydrogen-bond acceptors (Lipinski definition) is 6. The molecule has 48 heavy (non-hydrogen) atoms. The van der Waals surface area contributed by atoms with Crippen LogP contribution in [-0.4, -0.2) is 57.1 Å². The summed E-state index contributed by atoms with van der Waals surface area (Å²) in [4.78, 5) is 30.0. The Morgan fingerprint density at radius 3 is 2.06 bits per heavy atom. The molecule has 5 rings (SSSR count). The molecule has 1 aliphatic rings. The van der Waals surface area contributed by atoms with E-state index >= 15 is 0 Å². The number of nitrogens with zero attached hydrogens (tertiary/aromatic N) is 2. The average molecular weight is 670 g/mol. The third-order valence-electron chi connectivity index (χ3n) is 8.51. The highest BCUT2D eigenvalue weighted by Crippen LogP contribution is 2.25. The second-order valence-electron chi connectivity index (χ2n) is 12.1. The smallest absolute Gasteiger partial charge is 0.244 e. The van der Waals surface area contributed by atoms with E-state index < -0.39 is 28.5 Å². The predicted octanol–water partition coefficient (Wildman–Crippen LogP) is 5.74. The van der Waals surface area contributed by atoms with Crippen LogP contribution < -0.4 is 19.1 Å². The summed E-state index contributed by atoms with van der Waals surface area (Å²) >= 11 is 0. The first-order chi connectivity index (χ1) is 23.2. The topological polar surface area (TPSA) is 105 Å². The van der Waals surface area contributed by atoms with Gasteiger partial charge in [0.05, 0.1) is 19.1 Å². The number of rotatable bonds is 15. The van der Waals surface area contributed by atoms with E-state index in [1.165, 1.54) is 4.90 Å². The van der Waals surface area contributed by atoms with E-state index in [0.29, 0.717) is 23.8 Å². The summed E-state index contributed by atoms with van der Waals surface area (Å²) in [6.45, 7) is -0.0517. The van der Waals surface area contributed by atoms with Crippen LogP contribution in [-0.2, 0) is 39.2 Å². The first-order valence-corrected chi connectivity index (χ1v) is 18.1. The molecule has 0 bridgehead atoms. The van der Waals surface area contributed by atoms with Crippen LogP contribution in [0.2, 0.25) is 0 Å². The van der Waals surface area contributed by atoms with Crippen molar-refractivity contribution >= 4 is 27.5 Å². The number of anilines is 1. The molecule has 252 valence electrons. The zero-order chi connectivity index (χ0) is 33.9. The van der Waals surface area contributed by atoms with E-state index in [-0.39, 0.29) is 24.9 Å². The lowest BCUT2D eigenvalue weighted by Gasteiger charge is -2.34. The Hall–Kier alpha value is -4.83. The number of carbonyl (C=O) groups is 2. The molecule has 0 aromatic heterocycles. The molecule has 9 nitrogen and oxygen atoms in total. The molecule has 1 fully saturated rings. The molecule has 2 amide bonds. The van der Waals surface area contributed by atoms with Crippen LogP contribution in [0.5, 0.6) is 11.5 Å². The highest BCUT2D eigenvalue weighted by atomic mass is 32.2. The number of nitrogens with one attached hydrogen (secondary N) is 1. The summed E-state index contributed by atoms with van der Waals surface area (Å²) in [6, 6.07) is 32.3. The first kappa shape index (κ1) is 34.5. The molecule has 4 aromatic rings. The molecule has 1 atom stereocenters. The lowest BCUT2D eigenvalue weighted by atomic mass is 10.0. The van der Waals surface area contributed by atoms with E-state index in [0.717, 1.165) is 52.9 Å². The summed E-state index contributed by atoms with van der Waals surface area (Å²) in [5, 5.41) is 3.18. The monoisotopic (exact) mass is 669 g/mol. The predicted molar refractivity (Wildman–Crippen MR) is 187 cm³/mol. The molecule has 1 aliphatic carbocycles. The normalized spacial score (nSPS) is 13.8.